The molecule has 1 aliphatic carbocycles. The first-order valence-electron chi connectivity index (χ1n) is 9.28. The Morgan fingerprint density at radius 2 is 2.03 bits per heavy atom. The molecule has 2 aromatic carbocycles. The van der Waals surface area contributed by atoms with Crippen molar-refractivity contribution >= 4 is 40.8 Å². The topological polar surface area (TPSA) is 122 Å². The fourth-order valence-corrected chi connectivity index (χ4v) is 4.22. The third-order valence-electron chi connectivity index (χ3n) is 5.38. The molecule has 9 nitrogen and oxygen atoms in total. The Morgan fingerprint density at radius 3 is 2.80 bits per heavy atom. The Labute approximate surface area is 176 Å². The molecule has 2 N–H and O–H groups in total. The van der Waals surface area contributed by atoms with Gasteiger partial charge in [0.1, 0.15) is 17.1 Å². The van der Waals surface area contributed by atoms with Crippen LogP contribution in [-0.2, 0) is 21.5 Å². The van der Waals surface area contributed by atoms with Gasteiger partial charge in [-0.1, -0.05) is 35.9 Å². The molecule has 0 aromatic heterocycles. The maximum Gasteiger partial charge on any atom is 0.325 e. The van der Waals surface area contributed by atoms with Gasteiger partial charge in [-0.25, -0.2) is 4.79 Å². The summed E-state index contributed by atoms with van der Waals surface area (Å²) in [5.74, 6) is -1.13. The third kappa shape index (κ3) is 3.26. The Kier molecular flexibility index (Phi) is 4.90. The minimum Gasteiger partial charge on any atom is -0.324 e. The molecular formula is C20H17ClN4O5. The number of rotatable bonds is 4. The van der Waals surface area contributed by atoms with Crippen LogP contribution in [-0.4, -0.2) is 34.2 Å². The van der Waals surface area contributed by atoms with E-state index in [-0.39, 0.29) is 16.4 Å². The molecule has 1 saturated heterocycles. The number of fused-ring (bicyclic) bond motifs is 2. The highest BCUT2D eigenvalue weighted by Crippen LogP contribution is 2.39. The van der Waals surface area contributed by atoms with Gasteiger partial charge in [0.05, 0.1) is 4.92 Å². The van der Waals surface area contributed by atoms with Crippen LogP contribution in [0.2, 0.25) is 5.02 Å². The van der Waals surface area contributed by atoms with E-state index >= 15 is 0 Å². The number of nitro benzene ring substituents is 1. The first-order valence-corrected chi connectivity index (χ1v) is 9.66. The molecule has 1 aliphatic heterocycles. The fourth-order valence-electron chi connectivity index (χ4n) is 4.03. The van der Waals surface area contributed by atoms with E-state index < -0.39 is 34.9 Å². The number of anilines is 1. The second kappa shape index (κ2) is 7.42. The molecule has 4 amide bonds. The molecule has 154 valence electrons. The third-order valence-corrected chi connectivity index (χ3v) is 5.70. The van der Waals surface area contributed by atoms with Crippen LogP contribution in [0.25, 0.3) is 0 Å². The molecular weight excluding hydrogens is 412 g/mol. The van der Waals surface area contributed by atoms with Crippen molar-refractivity contribution in [3.63, 3.8) is 0 Å². The molecule has 0 radical (unpaired) electrons. The normalized spacial score (nSPS) is 20.1. The van der Waals surface area contributed by atoms with Crippen LogP contribution in [0.4, 0.5) is 16.2 Å². The first kappa shape index (κ1) is 19.8. The average Bonchev–Trinajstić information content (AvgIpc) is 2.94. The lowest BCUT2D eigenvalue weighted by molar-refractivity contribution is -0.384. The van der Waals surface area contributed by atoms with Crippen molar-refractivity contribution in [3.8, 4) is 0 Å². The SMILES string of the molecule is O=C(CN1C(=O)NC2(CCCc3ccccc32)C1=O)Nc1ccc(Cl)c([N+](=O)[O-])c1. The highest BCUT2D eigenvalue weighted by Gasteiger charge is 2.54. The van der Waals surface area contributed by atoms with Gasteiger partial charge in [-0.15, -0.1) is 0 Å². The fraction of sp³-hybridized carbons (Fsp3) is 0.250. The summed E-state index contributed by atoms with van der Waals surface area (Å²) in [5.41, 5.74) is 0.372. The highest BCUT2D eigenvalue weighted by atomic mass is 35.5. The predicted molar refractivity (Wildman–Crippen MR) is 108 cm³/mol. The number of nitro groups is 1. The zero-order valence-electron chi connectivity index (χ0n) is 15.7. The van der Waals surface area contributed by atoms with E-state index in [0.717, 1.165) is 34.9 Å². The van der Waals surface area contributed by atoms with Gasteiger partial charge in [-0.3, -0.25) is 24.6 Å². The quantitative estimate of drug-likeness (QED) is 0.440. The van der Waals surface area contributed by atoms with Crippen molar-refractivity contribution in [1.29, 1.82) is 0 Å². The van der Waals surface area contributed by atoms with Crippen LogP contribution in [0, 0.1) is 10.1 Å². The van der Waals surface area contributed by atoms with Crippen LogP contribution >= 0.6 is 11.6 Å². The van der Waals surface area contributed by atoms with Crippen molar-refractivity contribution in [1.82, 2.24) is 10.2 Å². The number of hydrogen-bond donors (Lipinski definition) is 2. The second-order valence-electron chi connectivity index (χ2n) is 7.21. The first-order chi connectivity index (χ1) is 14.3. The van der Waals surface area contributed by atoms with Gasteiger partial charge in [0.15, 0.2) is 0 Å². The monoisotopic (exact) mass is 428 g/mol. The lowest BCUT2D eigenvalue weighted by atomic mass is 9.76. The number of carbonyl (C=O) groups is 3. The molecule has 2 aliphatic rings. The maximum atomic E-state index is 13.2. The Balaban J connectivity index is 1.53. The number of hydrogen-bond acceptors (Lipinski definition) is 5. The summed E-state index contributed by atoms with van der Waals surface area (Å²) in [6.45, 7) is -0.509. The summed E-state index contributed by atoms with van der Waals surface area (Å²) < 4.78 is 0. The number of nitrogens with zero attached hydrogens (tertiary/aromatic N) is 2. The number of aryl methyl sites for hydroxylation is 1. The van der Waals surface area contributed by atoms with Gasteiger partial charge in [0.2, 0.25) is 5.91 Å². The van der Waals surface area contributed by atoms with Crippen molar-refractivity contribution < 1.29 is 19.3 Å². The van der Waals surface area contributed by atoms with Gasteiger partial charge in [-0.05, 0) is 42.5 Å². The molecule has 1 atom stereocenters. The maximum absolute atomic E-state index is 13.2. The van der Waals surface area contributed by atoms with Crippen molar-refractivity contribution in [2.24, 2.45) is 0 Å². The number of imide groups is 1. The number of halogens is 1. The van der Waals surface area contributed by atoms with E-state index in [9.17, 15) is 24.5 Å². The Bertz CT molecular complexity index is 1090. The van der Waals surface area contributed by atoms with Crippen molar-refractivity contribution in [2.75, 3.05) is 11.9 Å². The van der Waals surface area contributed by atoms with Crippen LogP contribution in [0.5, 0.6) is 0 Å². The van der Waals surface area contributed by atoms with E-state index in [1.165, 1.54) is 12.1 Å². The molecule has 1 heterocycles. The van der Waals surface area contributed by atoms with E-state index in [4.69, 9.17) is 11.6 Å². The summed E-state index contributed by atoms with van der Waals surface area (Å²) in [5, 5.41) is 16.2. The van der Waals surface area contributed by atoms with Gasteiger partial charge < -0.3 is 10.6 Å². The molecule has 0 saturated carbocycles. The number of carbonyl (C=O) groups excluding carboxylic acids is 3. The smallest absolute Gasteiger partial charge is 0.324 e. The summed E-state index contributed by atoms with van der Waals surface area (Å²) >= 11 is 5.77. The van der Waals surface area contributed by atoms with Gasteiger partial charge in [0, 0.05) is 11.8 Å². The van der Waals surface area contributed by atoms with Gasteiger partial charge in [-0.2, -0.15) is 0 Å². The minimum absolute atomic E-state index is 0.0648. The number of benzene rings is 2. The lowest BCUT2D eigenvalue weighted by Gasteiger charge is -2.33. The number of urea groups is 1. The average molecular weight is 429 g/mol. The molecule has 2 aromatic rings. The summed E-state index contributed by atoms with van der Waals surface area (Å²) in [6, 6.07) is 10.6. The summed E-state index contributed by atoms with van der Waals surface area (Å²) in [6.07, 6.45) is 2.00. The van der Waals surface area contributed by atoms with Crippen molar-refractivity contribution in [2.45, 2.75) is 24.8 Å². The molecule has 30 heavy (non-hydrogen) atoms. The largest absolute Gasteiger partial charge is 0.325 e. The number of amides is 4. The zero-order chi connectivity index (χ0) is 21.5. The highest BCUT2D eigenvalue weighted by molar-refractivity contribution is 6.32. The Hall–Kier alpha value is -3.46. The van der Waals surface area contributed by atoms with E-state index in [2.05, 4.69) is 10.6 Å². The van der Waals surface area contributed by atoms with Gasteiger partial charge >= 0.3 is 6.03 Å². The van der Waals surface area contributed by atoms with E-state index in [1.807, 2.05) is 24.3 Å². The molecule has 10 heteroatoms. The molecule has 1 fully saturated rings. The Morgan fingerprint density at radius 1 is 1.27 bits per heavy atom. The molecule has 1 spiro atoms. The lowest BCUT2D eigenvalue weighted by Crippen LogP contribution is -2.47. The molecule has 4 rings (SSSR count). The van der Waals surface area contributed by atoms with Crippen LogP contribution in [0.1, 0.15) is 24.0 Å². The van der Waals surface area contributed by atoms with Gasteiger partial charge in [0.25, 0.3) is 11.6 Å². The van der Waals surface area contributed by atoms with Crippen LogP contribution in [0.3, 0.4) is 0 Å². The second-order valence-corrected chi connectivity index (χ2v) is 7.62. The summed E-state index contributed by atoms with van der Waals surface area (Å²) in [4.78, 5) is 49.4. The summed E-state index contributed by atoms with van der Waals surface area (Å²) in [7, 11) is 0. The molecule has 0 bridgehead atoms. The zero-order valence-corrected chi connectivity index (χ0v) is 16.4. The standard InChI is InChI=1S/C20H17ClN4O5/c21-15-8-7-13(10-16(15)25(29)30)22-17(26)11-24-18(27)20(23-19(24)28)9-3-5-12-4-1-2-6-14(12)20/h1-2,4,6-8,10H,3,5,9,11H2,(H,22,26)(H,23,28). The van der Waals surface area contributed by atoms with E-state index in [1.54, 1.807) is 0 Å². The molecule has 1 unspecified atom stereocenters. The van der Waals surface area contributed by atoms with Crippen LogP contribution < -0.4 is 10.6 Å². The minimum atomic E-state index is -1.16. The van der Waals surface area contributed by atoms with Crippen molar-refractivity contribution in [3.05, 3.63) is 68.7 Å². The van der Waals surface area contributed by atoms with E-state index in [0.29, 0.717) is 6.42 Å². The van der Waals surface area contributed by atoms with Crippen LogP contribution in [0.15, 0.2) is 42.5 Å². The predicted octanol–water partition coefficient (Wildman–Crippen LogP) is 2.97. The number of nitrogens with one attached hydrogen (secondary N) is 2.